The number of carbonyl (C=O) groups excluding carboxylic acids is 1. The maximum absolute atomic E-state index is 13.2. The zero-order valence-corrected chi connectivity index (χ0v) is 10.7. The molecule has 0 aliphatic carbocycles. The van der Waals surface area contributed by atoms with E-state index in [1.54, 1.807) is 12.1 Å². The van der Waals surface area contributed by atoms with Gasteiger partial charge in [0.25, 0.3) is 11.6 Å². The Morgan fingerprint density at radius 3 is 2.76 bits per heavy atom. The highest BCUT2D eigenvalue weighted by molar-refractivity contribution is 6.04. The lowest BCUT2D eigenvalue weighted by Crippen LogP contribution is -2.20. The summed E-state index contributed by atoms with van der Waals surface area (Å²) in [7, 11) is 0. The van der Waals surface area contributed by atoms with Crippen LogP contribution in [0.3, 0.4) is 0 Å². The fourth-order valence-corrected chi connectivity index (χ4v) is 2.29. The topological polar surface area (TPSA) is 84.3 Å². The first-order valence-electron chi connectivity index (χ1n) is 6.16. The smallest absolute Gasteiger partial charge is 0.292 e. The van der Waals surface area contributed by atoms with E-state index < -0.39 is 16.8 Å². The number of nitro benzene ring substituents is 1. The average molecular weight is 287 g/mol. The molecular weight excluding hydrogens is 277 g/mol. The maximum Gasteiger partial charge on any atom is 0.292 e. The summed E-state index contributed by atoms with van der Waals surface area (Å²) < 4.78 is 13.2. The van der Waals surface area contributed by atoms with Gasteiger partial charge in [-0.2, -0.15) is 0 Å². The van der Waals surface area contributed by atoms with E-state index in [9.17, 15) is 19.3 Å². The van der Waals surface area contributed by atoms with Gasteiger partial charge in [-0.3, -0.25) is 14.9 Å². The zero-order chi connectivity index (χ0) is 15.0. The molecule has 1 atom stereocenters. The molecule has 0 fully saturated rings. The molecule has 2 aromatic carbocycles. The van der Waals surface area contributed by atoms with Gasteiger partial charge in [-0.1, -0.05) is 18.2 Å². The highest BCUT2D eigenvalue weighted by Crippen LogP contribution is 2.35. The molecule has 0 spiro atoms. The van der Waals surface area contributed by atoms with Gasteiger partial charge >= 0.3 is 0 Å². The van der Waals surface area contributed by atoms with Gasteiger partial charge in [-0.25, -0.2) is 4.39 Å². The Kier molecular flexibility index (Phi) is 3.02. The fraction of sp³-hybridized carbons (Fsp3) is 0.0714. The van der Waals surface area contributed by atoms with E-state index >= 15 is 0 Å². The van der Waals surface area contributed by atoms with E-state index in [1.807, 2.05) is 0 Å². The van der Waals surface area contributed by atoms with Crippen LogP contribution in [0, 0.1) is 15.9 Å². The van der Waals surface area contributed by atoms with Crippen molar-refractivity contribution in [2.24, 2.45) is 0 Å². The fourth-order valence-electron chi connectivity index (χ4n) is 2.29. The molecule has 1 heterocycles. The number of carbonyl (C=O) groups is 1. The summed E-state index contributed by atoms with van der Waals surface area (Å²) >= 11 is 0. The Bertz CT molecular complexity index is 748. The molecule has 0 saturated carbocycles. The number of halogens is 1. The van der Waals surface area contributed by atoms with Gasteiger partial charge in [0.05, 0.1) is 4.92 Å². The quantitative estimate of drug-likeness (QED) is 0.671. The van der Waals surface area contributed by atoms with E-state index in [4.69, 9.17) is 0 Å². The predicted molar refractivity (Wildman–Crippen MR) is 74.5 cm³/mol. The molecule has 3 rings (SSSR count). The molecule has 0 bridgehead atoms. The van der Waals surface area contributed by atoms with Gasteiger partial charge in [-0.05, 0) is 18.2 Å². The minimum atomic E-state index is -0.790. The Morgan fingerprint density at radius 1 is 1.24 bits per heavy atom. The Labute approximate surface area is 118 Å². The molecule has 0 saturated heterocycles. The van der Waals surface area contributed by atoms with Crippen LogP contribution >= 0.6 is 0 Å². The molecule has 106 valence electrons. The van der Waals surface area contributed by atoms with Gasteiger partial charge in [-0.15, -0.1) is 0 Å². The van der Waals surface area contributed by atoms with Crippen LogP contribution in [0.5, 0.6) is 0 Å². The van der Waals surface area contributed by atoms with Crippen molar-refractivity contribution in [3.05, 3.63) is 64.0 Å². The van der Waals surface area contributed by atoms with Gasteiger partial charge in [0.1, 0.15) is 17.5 Å². The third-order valence-corrected chi connectivity index (χ3v) is 3.25. The first kappa shape index (κ1) is 13.0. The standard InChI is InChI=1S/C14H10FN3O3/c15-8-5-6-9-11(7-8)17-14(19)13(9)16-10-3-1-2-4-12(10)18(20)21/h1-7,13,16H,(H,17,19). The summed E-state index contributed by atoms with van der Waals surface area (Å²) in [5.41, 5.74) is 1.04. The van der Waals surface area contributed by atoms with Crippen molar-refractivity contribution in [1.82, 2.24) is 0 Å². The molecule has 1 unspecified atom stereocenters. The van der Waals surface area contributed by atoms with Crippen molar-refractivity contribution in [1.29, 1.82) is 0 Å². The van der Waals surface area contributed by atoms with E-state index in [0.29, 0.717) is 11.3 Å². The van der Waals surface area contributed by atoms with E-state index in [2.05, 4.69) is 10.6 Å². The lowest BCUT2D eigenvalue weighted by atomic mass is 10.1. The number of para-hydroxylation sites is 2. The summed E-state index contributed by atoms with van der Waals surface area (Å²) in [4.78, 5) is 22.4. The minimum absolute atomic E-state index is 0.124. The number of anilines is 2. The van der Waals surface area contributed by atoms with Crippen LogP contribution in [0.25, 0.3) is 0 Å². The van der Waals surface area contributed by atoms with Crippen LogP contribution in [0.15, 0.2) is 42.5 Å². The highest BCUT2D eigenvalue weighted by Gasteiger charge is 2.32. The van der Waals surface area contributed by atoms with Crippen molar-refractivity contribution in [3.63, 3.8) is 0 Å². The number of nitrogens with one attached hydrogen (secondary N) is 2. The predicted octanol–water partition coefficient (Wildman–Crippen LogP) is 2.84. The number of hydrogen-bond donors (Lipinski definition) is 2. The number of amides is 1. The van der Waals surface area contributed by atoms with E-state index in [0.717, 1.165) is 0 Å². The molecule has 1 aliphatic heterocycles. The van der Waals surface area contributed by atoms with Crippen LogP contribution in [0.2, 0.25) is 0 Å². The zero-order valence-electron chi connectivity index (χ0n) is 10.7. The van der Waals surface area contributed by atoms with Crippen LogP contribution in [0.1, 0.15) is 11.6 Å². The summed E-state index contributed by atoms with van der Waals surface area (Å²) in [5, 5.41) is 16.4. The van der Waals surface area contributed by atoms with Crippen LogP contribution in [-0.2, 0) is 4.79 Å². The molecule has 6 nitrogen and oxygen atoms in total. The Hall–Kier alpha value is -2.96. The lowest BCUT2D eigenvalue weighted by Gasteiger charge is -2.13. The lowest BCUT2D eigenvalue weighted by molar-refractivity contribution is -0.384. The van der Waals surface area contributed by atoms with Gasteiger partial charge in [0, 0.05) is 17.3 Å². The molecule has 2 aromatic rings. The first-order valence-corrected chi connectivity index (χ1v) is 6.16. The molecule has 2 N–H and O–H groups in total. The minimum Gasteiger partial charge on any atom is -0.364 e. The van der Waals surface area contributed by atoms with Crippen molar-refractivity contribution >= 4 is 23.0 Å². The molecular formula is C14H10FN3O3. The second kappa shape index (κ2) is 4.86. The van der Waals surface area contributed by atoms with Crippen LogP contribution in [-0.4, -0.2) is 10.8 Å². The third-order valence-electron chi connectivity index (χ3n) is 3.25. The van der Waals surface area contributed by atoms with E-state index in [1.165, 1.54) is 30.3 Å². The number of fused-ring (bicyclic) bond motifs is 1. The second-order valence-electron chi connectivity index (χ2n) is 4.57. The number of hydrogen-bond acceptors (Lipinski definition) is 4. The van der Waals surface area contributed by atoms with Gasteiger partial charge in [0.2, 0.25) is 0 Å². The third kappa shape index (κ3) is 2.29. The Morgan fingerprint density at radius 2 is 2.00 bits per heavy atom. The van der Waals surface area contributed by atoms with Crippen molar-refractivity contribution in [2.45, 2.75) is 6.04 Å². The van der Waals surface area contributed by atoms with Crippen molar-refractivity contribution in [2.75, 3.05) is 10.6 Å². The largest absolute Gasteiger partial charge is 0.364 e. The monoisotopic (exact) mass is 287 g/mol. The normalized spacial score (nSPS) is 16.2. The number of nitrogens with zero attached hydrogens (tertiary/aromatic N) is 1. The number of nitro groups is 1. The van der Waals surface area contributed by atoms with Gasteiger partial charge < -0.3 is 10.6 Å². The van der Waals surface area contributed by atoms with E-state index in [-0.39, 0.29) is 17.3 Å². The Balaban J connectivity index is 1.97. The summed E-state index contributed by atoms with van der Waals surface area (Å²) in [5.74, 6) is -0.839. The summed E-state index contributed by atoms with van der Waals surface area (Å²) in [6, 6.07) is 9.20. The SMILES string of the molecule is O=C1Nc2cc(F)ccc2C1Nc1ccccc1[N+](=O)[O-]. The summed E-state index contributed by atoms with van der Waals surface area (Å²) in [6.07, 6.45) is 0. The average Bonchev–Trinajstić information content (AvgIpc) is 2.74. The van der Waals surface area contributed by atoms with Crippen molar-refractivity contribution < 1.29 is 14.1 Å². The summed E-state index contributed by atoms with van der Waals surface area (Å²) in [6.45, 7) is 0. The van der Waals surface area contributed by atoms with Crippen molar-refractivity contribution in [3.8, 4) is 0 Å². The second-order valence-corrected chi connectivity index (χ2v) is 4.57. The van der Waals surface area contributed by atoms with Crippen LogP contribution < -0.4 is 10.6 Å². The molecule has 0 radical (unpaired) electrons. The molecule has 0 aromatic heterocycles. The maximum atomic E-state index is 13.2. The number of rotatable bonds is 3. The first-order chi connectivity index (χ1) is 10.1. The number of benzene rings is 2. The van der Waals surface area contributed by atoms with Crippen LogP contribution in [0.4, 0.5) is 21.5 Å². The molecule has 21 heavy (non-hydrogen) atoms. The molecule has 7 heteroatoms. The molecule has 1 amide bonds. The van der Waals surface area contributed by atoms with Gasteiger partial charge in [0.15, 0.2) is 0 Å². The molecule has 1 aliphatic rings. The highest BCUT2D eigenvalue weighted by atomic mass is 19.1.